The van der Waals surface area contributed by atoms with E-state index in [1.54, 1.807) is 6.07 Å². The minimum Gasteiger partial charge on any atom is -0.332 e. The Kier molecular flexibility index (Phi) is 4.50. The molecule has 1 aliphatic heterocycles. The second kappa shape index (κ2) is 7.11. The molecule has 1 amide bonds. The van der Waals surface area contributed by atoms with Gasteiger partial charge < -0.3 is 9.88 Å². The minimum absolute atomic E-state index is 0.0997. The van der Waals surface area contributed by atoms with Crippen LogP contribution in [0, 0.1) is 0 Å². The molecule has 2 aliphatic rings. The molecule has 1 saturated carbocycles. The predicted octanol–water partition coefficient (Wildman–Crippen LogP) is 3.53. The van der Waals surface area contributed by atoms with Crippen molar-refractivity contribution in [2.45, 2.75) is 37.1 Å². The van der Waals surface area contributed by atoms with E-state index in [2.05, 4.69) is 4.98 Å². The van der Waals surface area contributed by atoms with Gasteiger partial charge in [0, 0.05) is 18.5 Å². The van der Waals surface area contributed by atoms with Crippen LogP contribution in [0.5, 0.6) is 0 Å². The van der Waals surface area contributed by atoms with Crippen molar-refractivity contribution >= 4 is 5.91 Å². The molecule has 1 aliphatic carbocycles. The van der Waals surface area contributed by atoms with Gasteiger partial charge in [-0.2, -0.15) is 8.78 Å². The lowest BCUT2D eigenvalue weighted by molar-refractivity contribution is -0.160. The highest BCUT2D eigenvalue weighted by atomic mass is 19.3. The average Bonchev–Trinajstić information content (AvgIpc) is 3.62. The Morgan fingerprint density at radius 3 is 2.32 bits per heavy atom. The Morgan fingerprint density at radius 2 is 1.68 bits per heavy atom. The van der Waals surface area contributed by atoms with E-state index in [9.17, 15) is 18.4 Å². The summed E-state index contributed by atoms with van der Waals surface area (Å²) in [5, 5.41) is 0. The second-order valence-electron chi connectivity index (χ2n) is 8.21. The topological polar surface area (TPSA) is 66.1 Å². The van der Waals surface area contributed by atoms with Gasteiger partial charge in [-0.15, -0.1) is 0 Å². The van der Waals surface area contributed by atoms with Crippen LogP contribution in [0.4, 0.5) is 8.78 Å². The first-order valence-corrected chi connectivity index (χ1v) is 10.3. The van der Waals surface area contributed by atoms with Crippen molar-refractivity contribution in [3.05, 3.63) is 99.2 Å². The number of H-pyrrole nitrogens is 1. The molecule has 2 heterocycles. The van der Waals surface area contributed by atoms with Crippen molar-refractivity contribution in [1.29, 1.82) is 0 Å². The number of aromatic nitrogens is 2. The van der Waals surface area contributed by atoms with E-state index >= 15 is 0 Å². The van der Waals surface area contributed by atoms with Gasteiger partial charge in [0.15, 0.2) is 0 Å². The van der Waals surface area contributed by atoms with Gasteiger partial charge in [-0.05, 0) is 18.4 Å². The number of halogens is 2. The third kappa shape index (κ3) is 3.24. The van der Waals surface area contributed by atoms with Crippen LogP contribution in [0.3, 0.4) is 0 Å². The zero-order valence-corrected chi connectivity index (χ0v) is 16.8. The van der Waals surface area contributed by atoms with Crippen LogP contribution in [-0.4, -0.2) is 27.3 Å². The zero-order valence-electron chi connectivity index (χ0n) is 16.8. The molecule has 7 heteroatoms. The van der Waals surface area contributed by atoms with E-state index in [0.717, 1.165) is 23.3 Å². The van der Waals surface area contributed by atoms with Gasteiger partial charge in [0.2, 0.25) is 0 Å². The van der Waals surface area contributed by atoms with E-state index in [-0.39, 0.29) is 41.6 Å². The van der Waals surface area contributed by atoms with Crippen LogP contribution in [-0.2, 0) is 29.1 Å². The average molecular weight is 421 g/mol. The molecule has 0 unspecified atom stereocenters. The molecule has 2 aromatic carbocycles. The highest BCUT2D eigenvalue weighted by Gasteiger charge is 2.49. The summed E-state index contributed by atoms with van der Waals surface area (Å²) in [4.78, 5) is 34.1. The van der Waals surface area contributed by atoms with Gasteiger partial charge in [0.1, 0.15) is 5.82 Å². The van der Waals surface area contributed by atoms with Crippen LogP contribution < -0.4 is 5.56 Å². The molecule has 1 aromatic heterocycles. The number of hydrogen-bond acceptors (Lipinski definition) is 3. The Hall–Kier alpha value is -3.35. The molecule has 5 rings (SSSR count). The zero-order chi connectivity index (χ0) is 21.6. The van der Waals surface area contributed by atoms with E-state index in [1.807, 2.05) is 30.3 Å². The SMILES string of the molecule is O=C(N1CCc2nc(C3(c4ccccc4)CC3)[nH]c(=O)c2C1)C(F)(F)c1ccccc1. The normalized spacial score (nSPS) is 17.2. The number of carbonyl (C=O) groups is 1. The molecular formula is C24H21F2N3O2. The maximum atomic E-state index is 14.7. The number of nitrogens with one attached hydrogen (secondary N) is 1. The molecule has 0 saturated heterocycles. The summed E-state index contributed by atoms with van der Waals surface area (Å²) in [5.41, 5.74) is 0.981. The molecule has 1 fully saturated rings. The predicted molar refractivity (Wildman–Crippen MR) is 111 cm³/mol. The number of fused-ring (bicyclic) bond motifs is 1. The first-order valence-electron chi connectivity index (χ1n) is 10.3. The Labute approximate surface area is 177 Å². The molecule has 1 N–H and O–H groups in total. The standard InChI is InChI=1S/C24H21F2N3O2/c25-24(26,17-9-5-2-6-10-17)22(31)29-14-11-19-18(15-29)20(30)28-21(27-19)23(12-13-23)16-7-3-1-4-8-16/h1-10H,11-15H2,(H,27,28,30). The molecule has 31 heavy (non-hydrogen) atoms. The summed E-state index contributed by atoms with van der Waals surface area (Å²) in [7, 11) is 0. The second-order valence-corrected chi connectivity index (χ2v) is 8.21. The number of amides is 1. The third-order valence-corrected chi connectivity index (χ3v) is 6.29. The van der Waals surface area contributed by atoms with Crippen molar-refractivity contribution < 1.29 is 13.6 Å². The molecule has 0 spiro atoms. The molecule has 3 aromatic rings. The first kappa shape index (κ1) is 19.6. The summed E-state index contributed by atoms with van der Waals surface area (Å²) in [6, 6.07) is 16.9. The van der Waals surface area contributed by atoms with Crippen molar-refractivity contribution in [3.63, 3.8) is 0 Å². The Balaban J connectivity index is 1.43. The van der Waals surface area contributed by atoms with Crippen LogP contribution in [0.1, 0.15) is 41.1 Å². The lowest BCUT2D eigenvalue weighted by Crippen LogP contribution is -2.46. The summed E-state index contributed by atoms with van der Waals surface area (Å²) in [6.45, 7) is -0.0694. The summed E-state index contributed by atoms with van der Waals surface area (Å²) < 4.78 is 29.5. The van der Waals surface area contributed by atoms with Gasteiger partial charge in [0.05, 0.1) is 23.2 Å². The summed E-state index contributed by atoms with van der Waals surface area (Å²) in [6.07, 6.45) is 2.06. The maximum Gasteiger partial charge on any atom is 0.349 e. The van der Waals surface area contributed by atoms with Crippen LogP contribution in [0.2, 0.25) is 0 Å². The molecule has 0 radical (unpaired) electrons. The first-order chi connectivity index (χ1) is 14.9. The van der Waals surface area contributed by atoms with E-state index in [4.69, 9.17) is 4.98 Å². The number of alkyl halides is 2. The quantitative estimate of drug-likeness (QED) is 0.701. The molecule has 158 valence electrons. The number of benzene rings is 2. The van der Waals surface area contributed by atoms with Gasteiger partial charge in [-0.1, -0.05) is 60.7 Å². The van der Waals surface area contributed by atoms with Crippen molar-refractivity contribution in [2.75, 3.05) is 6.54 Å². The van der Waals surface area contributed by atoms with E-state index in [0.29, 0.717) is 11.5 Å². The third-order valence-electron chi connectivity index (χ3n) is 6.29. The van der Waals surface area contributed by atoms with Crippen molar-refractivity contribution in [2.24, 2.45) is 0 Å². The number of rotatable bonds is 4. The summed E-state index contributed by atoms with van der Waals surface area (Å²) in [5.74, 6) is -4.32. The van der Waals surface area contributed by atoms with Crippen LogP contribution in [0.25, 0.3) is 0 Å². The number of nitrogens with zero attached hydrogens (tertiary/aromatic N) is 2. The fraction of sp³-hybridized carbons (Fsp3) is 0.292. The van der Waals surface area contributed by atoms with Gasteiger partial charge >= 0.3 is 5.92 Å². The largest absolute Gasteiger partial charge is 0.349 e. The number of carbonyl (C=O) groups excluding carboxylic acids is 1. The highest BCUT2D eigenvalue weighted by molar-refractivity contribution is 5.85. The maximum absolute atomic E-state index is 14.7. The number of aromatic amines is 1. The minimum atomic E-state index is -3.65. The molecule has 5 nitrogen and oxygen atoms in total. The smallest absolute Gasteiger partial charge is 0.332 e. The number of hydrogen-bond donors (Lipinski definition) is 1. The van der Waals surface area contributed by atoms with Gasteiger partial charge in [-0.25, -0.2) is 4.98 Å². The van der Waals surface area contributed by atoms with Gasteiger partial charge in [-0.3, -0.25) is 9.59 Å². The Morgan fingerprint density at radius 1 is 1.03 bits per heavy atom. The fourth-order valence-electron chi connectivity index (χ4n) is 4.34. The van der Waals surface area contributed by atoms with E-state index < -0.39 is 11.8 Å². The molecule has 0 bridgehead atoms. The molecule has 0 atom stereocenters. The monoisotopic (exact) mass is 421 g/mol. The van der Waals surface area contributed by atoms with Gasteiger partial charge in [0.25, 0.3) is 11.5 Å². The van der Waals surface area contributed by atoms with Crippen LogP contribution in [0.15, 0.2) is 65.5 Å². The Bertz CT molecular complexity index is 1190. The lowest BCUT2D eigenvalue weighted by Gasteiger charge is -2.31. The fourth-order valence-corrected chi connectivity index (χ4v) is 4.34. The van der Waals surface area contributed by atoms with Crippen LogP contribution >= 0.6 is 0 Å². The summed E-state index contributed by atoms with van der Waals surface area (Å²) >= 11 is 0. The van der Waals surface area contributed by atoms with Crippen molar-refractivity contribution in [1.82, 2.24) is 14.9 Å². The molecular weight excluding hydrogens is 400 g/mol. The van der Waals surface area contributed by atoms with E-state index in [1.165, 1.54) is 24.3 Å². The highest BCUT2D eigenvalue weighted by Crippen LogP contribution is 2.52. The lowest BCUT2D eigenvalue weighted by atomic mass is 9.94. The van der Waals surface area contributed by atoms with Crippen molar-refractivity contribution in [3.8, 4) is 0 Å².